The maximum atomic E-state index is 5.88. The zero-order chi connectivity index (χ0) is 13.6. The topological polar surface area (TPSA) is 54.2 Å². The number of hydrogen-bond donors (Lipinski definition) is 2. The van der Waals surface area contributed by atoms with Gasteiger partial charge in [-0.15, -0.1) is 0 Å². The highest BCUT2D eigenvalue weighted by atomic mass is 15.2. The lowest BCUT2D eigenvalue weighted by molar-refractivity contribution is 0.369. The fourth-order valence-corrected chi connectivity index (χ4v) is 3.69. The number of fused-ring (bicyclic) bond motifs is 1. The lowest BCUT2D eigenvalue weighted by Gasteiger charge is -2.24. The lowest BCUT2D eigenvalue weighted by Crippen LogP contribution is -2.29. The Labute approximate surface area is 119 Å². The van der Waals surface area contributed by atoms with E-state index >= 15 is 0 Å². The monoisotopic (exact) mass is 268 g/mol. The number of nitrogen functional groups attached to an aromatic ring is 1. The number of pyridine rings is 1. The minimum atomic E-state index is 0.470. The number of nitrogens with two attached hydrogens (primary N) is 1. The van der Waals surface area contributed by atoms with E-state index in [-0.39, 0.29) is 0 Å². The van der Waals surface area contributed by atoms with Gasteiger partial charge in [0.25, 0.3) is 0 Å². The van der Waals surface area contributed by atoms with E-state index < -0.39 is 0 Å². The number of anilines is 2. The number of aromatic nitrogens is 1. The van der Waals surface area contributed by atoms with Crippen molar-refractivity contribution in [2.75, 3.05) is 36.8 Å². The van der Waals surface area contributed by atoms with Crippen LogP contribution < -0.4 is 16.0 Å². The van der Waals surface area contributed by atoms with Crippen LogP contribution in [-0.2, 0) is 0 Å². The molecule has 4 nitrogen and oxygen atoms in total. The summed E-state index contributed by atoms with van der Waals surface area (Å²) in [6, 6.07) is 8.14. The van der Waals surface area contributed by atoms with Crippen LogP contribution in [0.1, 0.15) is 12.8 Å². The van der Waals surface area contributed by atoms with Crippen LogP contribution in [0, 0.1) is 5.41 Å². The van der Waals surface area contributed by atoms with Crippen molar-refractivity contribution >= 4 is 22.3 Å². The SMILES string of the molecule is Nc1ccc2c(N3CCC4(CCNC4)C3)nccc2c1. The Morgan fingerprint density at radius 2 is 2.20 bits per heavy atom. The molecule has 1 unspecified atom stereocenters. The first-order chi connectivity index (χ1) is 9.76. The number of nitrogens with one attached hydrogen (secondary N) is 1. The molecule has 2 aliphatic heterocycles. The van der Waals surface area contributed by atoms with Crippen molar-refractivity contribution in [1.29, 1.82) is 0 Å². The van der Waals surface area contributed by atoms with Gasteiger partial charge in [0.15, 0.2) is 0 Å². The summed E-state index contributed by atoms with van der Waals surface area (Å²) in [6.45, 7) is 4.54. The Balaban J connectivity index is 1.72. The van der Waals surface area contributed by atoms with Crippen LogP contribution in [0.25, 0.3) is 10.8 Å². The molecule has 1 aromatic carbocycles. The molecule has 4 rings (SSSR count). The molecule has 104 valence electrons. The lowest BCUT2D eigenvalue weighted by atomic mass is 9.86. The van der Waals surface area contributed by atoms with Gasteiger partial charge in [-0.3, -0.25) is 0 Å². The van der Waals surface area contributed by atoms with Crippen LogP contribution in [0.5, 0.6) is 0 Å². The summed E-state index contributed by atoms with van der Waals surface area (Å²) in [5.41, 5.74) is 7.16. The highest BCUT2D eigenvalue weighted by Gasteiger charge is 2.40. The summed E-state index contributed by atoms with van der Waals surface area (Å²) >= 11 is 0. The average molecular weight is 268 g/mol. The molecule has 2 saturated heterocycles. The number of hydrogen-bond acceptors (Lipinski definition) is 4. The Morgan fingerprint density at radius 3 is 3.05 bits per heavy atom. The van der Waals surface area contributed by atoms with Gasteiger partial charge in [-0.25, -0.2) is 4.98 Å². The zero-order valence-electron chi connectivity index (χ0n) is 11.6. The minimum absolute atomic E-state index is 0.470. The van der Waals surface area contributed by atoms with E-state index in [0.717, 1.165) is 37.7 Å². The molecule has 4 heteroatoms. The normalized spacial score (nSPS) is 25.9. The van der Waals surface area contributed by atoms with Crippen molar-refractivity contribution < 1.29 is 0 Å². The highest BCUT2D eigenvalue weighted by molar-refractivity contribution is 5.94. The number of nitrogens with zero attached hydrogens (tertiary/aromatic N) is 2. The average Bonchev–Trinajstić information content (AvgIpc) is 3.09. The van der Waals surface area contributed by atoms with E-state index in [1.807, 2.05) is 24.4 Å². The van der Waals surface area contributed by atoms with Gasteiger partial charge in [-0.1, -0.05) is 0 Å². The summed E-state index contributed by atoms with van der Waals surface area (Å²) < 4.78 is 0. The summed E-state index contributed by atoms with van der Waals surface area (Å²) in [7, 11) is 0. The van der Waals surface area contributed by atoms with Gasteiger partial charge in [0, 0.05) is 42.3 Å². The summed E-state index contributed by atoms with van der Waals surface area (Å²) in [6.07, 6.45) is 4.46. The number of benzene rings is 1. The van der Waals surface area contributed by atoms with Crippen LogP contribution in [-0.4, -0.2) is 31.2 Å². The second-order valence-electron chi connectivity index (χ2n) is 6.21. The molecule has 0 bridgehead atoms. The van der Waals surface area contributed by atoms with Gasteiger partial charge in [-0.05, 0) is 49.0 Å². The van der Waals surface area contributed by atoms with Crippen LogP contribution in [0.2, 0.25) is 0 Å². The fourth-order valence-electron chi connectivity index (χ4n) is 3.69. The van der Waals surface area contributed by atoms with Crippen LogP contribution in [0.15, 0.2) is 30.5 Å². The van der Waals surface area contributed by atoms with E-state index in [1.165, 1.54) is 23.6 Å². The maximum absolute atomic E-state index is 5.88. The van der Waals surface area contributed by atoms with Gasteiger partial charge in [0.2, 0.25) is 0 Å². The molecule has 0 radical (unpaired) electrons. The zero-order valence-corrected chi connectivity index (χ0v) is 11.6. The van der Waals surface area contributed by atoms with E-state index in [2.05, 4.69) is 21.3 Å². The van der Waals surface area contributed by atoms with Crippen molar-refractivity contribution in [3.63, 3.8) is 0 Å². The molecule has 1 spiro atoms. The van der Waals surface area contributed by atoms with E-state index in [4.69, 9.17) is 5.73 Å². The highest BCUT2D eigenvalue weighted by Crippen LogP contribution is 2.39. The van der Waals surface area contributed by atoms with Gasteiger partial charge >= 0.3 is 0 Å². The molecule has 2 aliphatic rings. The molecule has 0 saturated carbocycles. The second-order valence-corrected chi connectivity index (χ2v) is 6.21. The van der Waals surface area contributed by atoms with E-state index in [0.29, 0.717) is 5.41 Å². The predicted octanol–water partition coefficient (Wildman–Crippen LogP) is 2.01. The fraction of sp³-hybridized carbons (Fsp3) is 0.438. The largest absolute Gasteiger partial charge is 0.399 e. The smallest absolute Gasteiger partial charge is 0.136 e. The van der Waals surface area contributed by atoms with Gasteiger partial charge in [-0.2, -0.15) is 0 Å². The van der Waals surface area contributed by atoms with Crippen molar-refractivity contribution in [1.82, 2.24) is 10.3 Å². The quantitative estimate of drug-likeness (QED) is 0.777. The van der Waals surface area contributed by atoms with Crippen LogP contribution in [0.3, 0.4) is 0 Å². The summed E-state index contributed by atoms with van der Waals surface area (Å²) in [4.78, 5) is 7.09. The number of rotatable bonds is 1. The van der Waals surface area contributed by atoms with E-state index in [1.54, 1.807) is 0 Å². The van der Waals surface area contributed by atoms with Gasteiger partial charge < -0.3 is 16.0 Å². The molecule has 1 aromatic heterocycles. The predicted molar refractivity (Wildman–Crippen MR) is 82.9 cm³/mol. The Kier molecular flexibility index (Phi) is 2.60. The van der Waals surface area contributed by atoms with Crippen molar-refractivity contribution in [2.24, 2.45) is 5.41 Å². The molecule has 3 heterocycles. The van der Waals surface area contributed by atoms with Gasteiger partial charge in [0.05, 0.1) is 0 Å². The molecule has 2 aromatic rings. The Hall–Kier alpha value is -1.81. The maximum Gasteiger partial charge on any atom is 0.136 e. The molecular formula is C16H20N4. The van der Waals surface area contributed by atoms with E-state index in [9.17, 15) is 0 Å². The molecule has 1 atom stereocenters. The third-order valence-corrected chi connectivity index (χ3v) is 4.84. The summed E-state index contributed by atoms with van der Waals surface area (Å²) in [5.74, 6) is 1.12. The molecule has 20 heavy (non-hydrogen) atoms. The minimum Gasteiger partial charge on any atom is -0.399 e. The van der Waals surface area contributed by atoms with Crippen molar-refractivity contribution in [3.8, 4) is 0 Å². The first kappa shape index (κ1) is 12.0. The standard InChI is InChI=1S/C16H20N4/c17-13-1-2-14-12(9-13)3-6-19-15(14)20-8-5-16(11-20)4-7-18-10-16/h1-3,6,9,18H,4-5,7-8,10-11,17H2. The summed E-state index contributed by atoms with van der Waals surface area (Å²) in [5, 5.41) is 5.90. The van der Waals surface area contributed by atoms with Crippen molar-refractivity contribution in [2.45, 2.75) is 12.8 Å². The Bertz CT molecular complexity index is 646. The second kappa shape index (κ2) is 4.35. The molecule has 0 amide bonds. The first-order valence-corrected chi connectivity index (χ1v) is 7.36. The molecule has 0 aliphatic carbocycles. The first-order valence-electron chi connectivity index (χ1n) is 7.36. The third-order valence-electron chi connectivity index (χ3n) is 4.84. The van der Waals surface area contributed by atoms with Crippen LogP contribution >= 0.6 is 0 Å². The van der Waals surface area contributed by atoms with Crippen LogP contribution in [0.4, 0.5) is 11.5 Å². The Morgan fingerprint density at radius 1 is 1.25 bits per heavy atom. The van der Waals surface area contributed by atoms with Crippen molar-refractivity contribution in [3.05, 3.63) is 30.5 Å². The molecule has 3 N–H and O–H groups in total. The van der Waals surface area contributed by atoms with Gasteiger partial charge in [0.1, 0.15) is 5.82 Å². The molecular weight excluding hydrogens is 248 g/mol. The third kappa shape index (κ3) is 1.83. The molecule has 2 fully saturated rings.